The van der Waals surface area contributed by atoms with E-state index in [4.69, 9.17) is 9.47 Å². The van der Waals surface area contributed by atoms with Crippen LogP contribution in [0.15, 0.2) is 24.4 Å². The van der Waals surface area contributed by atoms with Gasteiger partial charge < -0.3 is 14.8 Å². The Labute approximate surface area is 125 Å². The molecule has 5 nitrogen and oxygen atoms in total. The summed E-state index contributed by atoms with van der Waals surface area (Å²) in [5, 5.41) is 7.64. The first-order valence-electron chi connectivity index (χ1n) is 7.26. The molecule has 5 heteroatoms. The first kappa shape index (κ1) is 15.2. The monoisotopic (exact) mass is 289 g/mol. The maximum atomic E-state index is 5.63. The third-order valence-electron chi connectivity index (χ3n) is 3.36. The number of rotatable bonds is 7. The van der Waals surface area contributed by atoms with E-state index in [1.165, 1.54) is 11.3 Å². The van der Waals surface area contributed by atoms with Crippen molar-refractivity contribution in [2.45, 2.75) is 27.3 Å². The predicted octanol–water partition coefficient (Wildman–Crippen LogP) is 3.14. The number of anilines is 1. The van der Waals surface area contributed by atoms with E-state index in [-0.39, 0.29) is 0 Å². The van der Waals surface area contributed by atoms with Gasteiger partial charge in [0.25, 0.3) is 0 Å². The Morgan fingerprint density at radius 3 is 2.48 bits per heavy atom. The number of nitrogens with zero attached hydrogens (tertiary/aromatic N) is 2. The highest BCUT2D eigenvalue weighted by Crippen LogP contribution is 2.30. The minimum absolute atomic E-state index is 0.616. The third kappa shape index (κ3) is 3.68. The quantitative estimate of drug-likeness (QED) is 0.850. The minimum atomic E-state index is 0.616. The van der Waals surface area contributed by atoms with Crippen molar-refractivity contribution in [3.63, 3.8) is 0 Å². The molecule has 0 saturated heterocycles. The van der Waals surface area contributed by atoms with Crippen molar-refractivity contribution in [1.29, 1.82) is 0 Å². The standard InChI is InChI=1S/C16H23N3O2/c1-5-20-15-8-7-14(9-16(15)21-6-2)17-10-13-11-18-19(4)12(13)3/h7-9,11,17H,5-6,10H2,1-4H3. The first-order valence-corrected chi connectivity index (χ1v) is 7.26. The van der Waals surface area contributed by atoms with Gasteiger partial charge in [0, 0.05) is 36.6 Å². The molecule has 0 unspecified atom stereocenters. The number of nitrogens with one attached hydrogen (secondary N) is 1. The summed E-state index contributed by atoms with van der Waals surface area (Å²) in [6.07, 6.45) is 1.89. The van der Waals surface area contributed by atoms with Crippen molar-refractivity contribution in [3.05, 3.63) is 35.7 Å². The van der Waals surface area contributed by atoms with Crippen molar-refractivity contribution in [2.24, 2.45) is 7.05 Å². The van der Waals surface area contributed by atoms with Gasteiger partial charge in [0.1, 0.15) is 0 Å². The zero-order valence-corrected chi connectivity index (χ0v) is 13.1. The molecule has 1 aromatic carbocycles. The highest BCUT2D eigenvalue weighted by atomic mass is 16.5. The highest BCUT2D eigenvalue weighted by Gasteiger charge is 2.07. The Balaban J connectivity index is 2.09. The molecular formula is C16H23N3O2. The molecule has 0 saturated carbocycles. The second kappa shape index (κ2) is 7.02. The molecule has 0 aliphatic heterocycles. The Bertz CT molecular complexity index is 593. The van der Waals surface area contributed by atoms with Crippen molar-refractivity contribution >= 4 is 5.69 Å². The van der Waals surface area contributed by atoms with Gasteiger partial charge in [0.05, 0.1) is 19.4 Å². The number of ether oxygens (including phenoxy) is 2. The molecule has 0 atom stereocenters. The van der Waals surface area contributed by atoms with Crippen LogP contribution in [-0.4, -0.2) is 23.0 Å². The topological polar surface area (TPSA) is 48.3 Å². The van der Waals surface area contributed by atoms with Crippen LogP contribution in [0.2, 0.25) is 0 Å². The van der Waals surface area contributed by atoms with Crippen LogP contribution in [0.4, 0.5) is 5.69 Å². The zero-order valence-electron chi connectivity index (χ0n) is 13.1. The second-order valence-corrected chi connectivity index (χ2v) is 4.76. The van der Waals surface area contributed by atoms with Crippen LogP contribution < -0.4 is 14.8 Å². The Hall–Kier alpha value is -2.17. The van der Waals surface area contributed by atoms with Crippen LogP contribution in [0.1, 0.15) is 25.1 Å². The second-order valence-electron chi connectivity index (χ2n) is 4.76. The number of benzene rings is 1. The fraction of sp³-hybridized carbons (Fsp3) is 0.438. The summed E-state index contributed by atoms with van der Waals surface area (Å²) in [5.41, 5.74) is 3.35. The van der Waals surface area contributed by atoms with Gasteiger partial charge >= 0.3 is 0 Å². The molecule has 0 fully saturated rings. The minimum Gasteiger partial charge on any atom is -0.490 e. The molecule has 1 aromatic heterocycles. The van der Waals surface area contributed by atoms with Crippen molar-refractivity contribution in [1.82, 2.24) is 9.78 Å². The van der Waals surface area contributed by atoms with Gasteiger partial charge in [-0.05, 0) is 32.9 Å². The van der Waals surface area contributed by atoms with Gasteiger partial charge in [-0.3, -0.25) is 4.68 Å². The van der Waals surface area contributed by atoms with Gasteiger partial charge in [0.2, 0.25) is 0 Å². The van der Waals surface area contributed by atoms with Gasteiger partial charge in [-0.2, -0.15) is 5.10 Å². The molecule has 0 spiro atoms. The van der Waals surface area contributed by atoms with Crippen LogP contribution in [0.5, 0.6) is 11.5 Å². The van der Waals surface area contributed by atoms with E-state index in [0.29, 0.717) is 13.2 Å². The lowest BCUT2D eigenvalue weighted by molar-refractivity contribution is 0.288. The maximum absolute atomic E-state index is 5.63. The normalized spacial score (nSPS) is 10.5. The predicted molar refractivity (Wildman–Crippen MR) is 84.1 cm³/mol. The molecule has 2 rings (SSSR count). The molecule has 2 aromatic rings. The number of hydrogen-bond donors (Lipinski definition) is 1. The van der Waals surface area contributed by atoms with Crippen LogP contribution in [-0.2, 0) is 13.6 Å². The van der Waals surface area contributed by atoms with E-state index >= 15 is 0 Å². The highest BCUT2D eigenvalue weighted by molar-refractivity contribution is 5.55. The van der Waals surface area contributed by atoms with Crippen LogP contribution in [0, 0.1) is 6.92 Å². The molecule has 1 N–H and O–H groups in total. The largest absolute Gasteiger partial charge is 0.490 e. The number of aryl methyl sites for hydroxylation is 1. The Kier molecular flexibility index (Phi) is 5.09. The van der Waals surface area contributed by atoms with Gasteiger partial charge in [-0.25, -0.2) is 0 Å². The lowest BCUT2D eigenvalue weighted by Gasteiger charge is -2.13. The summed E-state index contributed by atoms with van der Waals surface area (Å²) in [6, 6.07) is 5.91. The Morgan fingerprint density at radius 2 is 1.86 bits per heavy atom. The molecule has 0 amide bonds. The summed E-state index contributed by atoms with van der Waals surface area (Å²) >= 11 is 0. The van der Waals surface area contributed by atoms with Gasteiger partial charge in [-0.1, -0.05) is 0 Å². The summed E-state index contributed by atoms with van der Waals surface area (Å²) in [6.45, 7) is 7.97. The fourth-order valence-corrected chi connectivity index (χ4v) is 2.08. The lowest BCUT2D eigenvalue weighted by atomic mass is 10.2. The SMILES string of the molecule is CCOc1ccc(NCc2cnn(C)c2C)cc1OCC. The average molecular weight is 289 g/mol. The van der Waals surface area contributed by atoms with Gasteiger partial charge in [-0.15, -0.1) is 0 Å². The maximum Gasteiger partial charge on any atom is 0.163 e. The van der Waals surface area contributed by atoms with Crippen molar-refractivity contribution in [2.75, 3.05) is 18.5 Å². The molecular weight excluding hydrogens is 266 g/mol. The summed E-state index contributed by atoms with van der Waals surface area (Å²) in [5.74, 6) is 1.55. The van der Waals surface area contributed by atoms with Crippen molar-refractivity contribution < 1.29 is 9.47 Å². The molecule has 21 heavy (non-hydrogen) atoms. The molecule has 0 aliphatic rings. The van der Waals surface area contributed by atoms with Crippen LogP contribution in [0.3, 0.4) is 0 Å². The molecule has 0 radical (unpaired) electrons. The molecule has 1 heterocycles. The average Bonchev–Trinajstić information content (AvgIpc) is 2.79. The molecule has 0 bridgehead atoms. The Morgan fingerprint density at radius 1 is 1.14 bits per heavy atom. The van der Waals surface area contributed by atoms with E-state index in [1.807, 2.05) is 50.0 Å². The summed E-state index contributed by atoms with van der Waals surface area (Å²) in [7, 11) is 1.95. The zero-order chi connectivity index (χ0) is 15.2. The van der Waals surface area contributed by atoms with Crippen LogP contribution >= 0.6 is 0 Å². The number of aromatic nitrogens is 2. The molecule has 114 valence electrons. The summed E-state index contributed by atoms with van der Waals surface area (Å²) < 4.78 is 13.1. The van der Waals surface area contributed by atoms with E-state index in [0.717, 1.165) is 23.7 Å². The number of hydrogen-bond acceptors (Lipinski definition) is 4. The van der Waals surface area contributed by atoms with Crippen LogP contribution in [0.25, 0.3) is 0 Å². The first-order chi connectivity index (χ1) is 10.2. The summed E-state index contributed by atoms with van der Waals surface area (Å²) in [4.78, 5) is 0. The van der Waals surface area contributed by atoms with Crippen molar-refractivity contribution in [3.8, 4) is 11.5 Å². The lowest BCUT2D eigenvalue weighted by Crippen LogP contribution is -2.03. The van der Waals surface area contributed by atoms with E-state index in [2.05, 4.69) is 17.3 Å². The smallest absolute Gasteiger partial charge is 0.163 e. The molecule has 0 aliphatic carbocycles. The third-order valence-corrected chi connectivity index (χ3v) is 3.36. The van der Waals surface area contributed by atoms with Gasteiger partial charge in [0.15, 0.2) is 11.5 Å². The van der Waals surface area contributed by atoms with E-state index in [9.17, 15) is 0 Å². The van der Waals surface area contributed by atoms with E-state index < -0.39 is 0 Å². The fourth-order valence-electron chi connectivity index (χ4n) is 2.08. The van der Waals surface area contributed by atoms with E-state index in [1.54, 1.807) is 0 Å².